The second-order valence-corrected chi connectivity index (χ2v) is 33.4. The molecule has 21 heteroatoms. The predicted octanol–water partition coefficient (Wildman–Crippen LogP) is 34.1. The first-order valence-corrected chi connectivity index (χ1v) is 43.8. The highest BCUT2D eigenvalue weighted by Gasteiger charge is 2.32. The Morgan fingerprint density at radius 2 is 0.500 bits per heavy atom. The van der Waals surface area contributed by atoms with Gasteiger partial charge in [-0.1, -0.05) is 225 Å². The van der Waals surface area contributed by atoms with Crippen molar-refractivity contribution in [3.8, 4) is 70.8 Å². The van der Waals surface area contributed by atoms with Crippen molar-refractivity contribution in [1.82, 2.24) is 9.97 Å². The molecule has 0 saturated carbocycles. The Balaban J connectivity index is 0.000000117. The molecule has 0 N–H and O–H groups in total. The van der Waals surface area contributed by atoms with Gasteiger partial charge in [0.2, 0.25) is 33.8 Å². The summed E-state index contributed by atoms with van der Waals surface area (Å²) in [5.41, 5.74) is 8.30. The molecule has 0 aliphatic rings. The van der Waals surface area contributed by atoms with Crippen molar-refractivity contribution in [3.05, 3.63) is 442 Å². The summed E-state index contributed by atoms with van der Waals surface area (Å²) in [4.78, 5) is 48.5. The van der Waals surface area contributed by atoms with E-state index in [9.17, 15) is 42.1 Å². The van der Waals surface area contributed by atoms with Gasteiger partial charge in [0.1, 0.15) is 36.4 Å². The largest absolute Gasteiger partial charge is 0.370 e. The van der Waals surface area contributed by atoms with E-state index < -0.39 is 0 Å². The van der Waals surface area contributed by atoms with Crippen molar-refractivity contribution in [2.24, 2.45) is 0 Å². The number of rotatable bonds is 2. The van der Waals surface area contributed by atoms with Crippen LogP contribution < -0.4 is 0 Å². The molecule has 1 heterocycles. The van der Waals surface area contributed by atoms with Crippen LogP contribution in [0.3, 0.4) is 0 Å². The van der Waals surface area contributed by atoms with Crippen LogP contribution in [0.25, 0.3) is 259 Å². The molecule has 0 atom stereocenters. The number of aromatic nitrogens is 2. The summed E-state index contributed by atoms with van der Waals surface area (Å²) < 4.78 is 0. The summed E-state index contributed by atoms with van der Waals surface area (Å²) in [6.45, 7) is 89.0. The van der Waals surface area contributed by atoms with Crippen molar-refractivity contribution < 1.29 is 0 Å². The Kier molecular flexibility index (Phi) is 21.9. The summed E-state index contributed by atoms with van der Waals surface area (Å²) in [6, 6.07) is 99.5. The van der Waals surface area contributed by atoms with Gasteiger partial charge in [-0.2, -0.15) is 42.1 Å². The molecule has 0 fully saturated rings. The second kappa shape index (κ2) is 35.6. The fraction of sp³-hybridized carbons (Fsp3) is 0.0163. The number of hydrogen-bond acceptors (Lipinski definition) is 10. The fourth-order valence-corrected chi connectivity index (χ4v) is 20.6. The highest BCUT2D eigenvalue weighted by Crippen LogP contribution is 2.58. The average Bonchev–Trinajstić information content (AvgIpc) is 0.697. The third-order valence-electron chi connectivity index (χ3n) is 26.6. The standard InChI is InChI=1S/C34H16N6.C31H11N5.C30H12N4.C28H10N6/c1-19-10-6-7-11-23(19)24-12-8-9-13-25(24)29-20(2)26-14-21(16-35)22(17-36)15-27(26)30-28(18-37)32(38-3)34(40-5)33(39-4)31(29)30;1-34-26-14-25-23-12-17(15-32)18(16-33)13-24(23)27-21-10-6-4-8-19(21)20-9-5-7-11-22(20)28(27)29(25)31(36-3)30(26)35-2;1-32-26-13-22-23-14-27(33-2)28(34-3)15-25(23)30-21-11-7-5-9-19(21)18-8-4-6-10-20(18)29(30)24(22)12-17(26)16-31;1-31-27-28(32-2)34-26-24-20-10-6-4-8-18(20)17-7-3-5-9-19(17)23(24)21-11-15(13-29)16(14-30)12-22(21)25(26)33-27/h6-15H,1-2H3;4-14H;4-15H;3-12H. The van der Waals surface area contributed by atoms with Gasteiger partial charge in [0, 0.05) is 16.2 Å². The van der Waals surface area contributed by atoms with E-state index in [1.54, 1.807) is 66.7 Å². The molecule has 0 aliphatic heterocycles. The number of benzene rings is 22. The van der Waals surface area contributed by atoms with Crippen molar-refractivity contribution in [2.45, 2.75) is 13.8 Å². The topological polar surface area (TPSA) is 264 Å². The lowest BCUT2D eigenvalue weighted by atomic mass is 9.82. The quantitative estimate of drug-likeness (QED) is 0.117. The normalized spacial score (nSPS) is 10.6. The molecule has 0 unspecified atom stereocenters. The zero-order valence-corrected chi connectivity index (χ0v) is 75.2. The smallest absolute Gasteiger partial charge is 0.294 e. The molecule has 0 amide bonds. The molecule has 23 aromatic rings. The van der Waals surface area contributed by atoms with E-state index in [-0.39, 0.29) is 96.1 Å². The third kappa shape index (κ3) is 13.4. The van der Waals surface area contributed by atoms with Crippen molar-refractivity contribution in [1.29, 1.82) is 42.1 Å². The van der Waals surface area contributed by atoms with E-state index >= 15 is 0 Å². The summed E-state index contributed by atoms with van der Waals surface area (Å²) in [7, 11) is 0. The number of nitriles is 8. The van der Waals surface area contributed by atoms with Gasteiger partial charge in [0.05, 0.1) is 116 Å². The first-order valence-electron chi connectivity index (χ1n) is 43.8. The van der Waals surface area contributed by atoms with Gasteiger partial charge in [0.15, 0.2) is 28.4 Å². The minimum absolute atomic E-state index is 0.0162. The predicted molar refractivity (Wildman–Crippen MR) is 566 cm³/mol. The van der Waals surface area contributed by atoms with Gasteiger partial charge in [0.25, 0.3) is 11.6 Å². The molecule has 646 valence electrons. The molecule has 1 aromatic heterocycles. The first-order chi connectivity index (χ1) is 70.5. The highest BCUT2D eigenvalue weighted by molar-refractivity contribution is 6.44. The van der Waals surface area contributed by atoms with Crippen molar-refractivity contribution in [2.75, 3.05) is 0 Å². The molecule has 0 bridgehead atoms. The van der Waals surface area contributed by atoms with Crippen LogP contribution in [-0.2, 0) is 0 Å². The van der Waals surface area contributed by atoms with Crippen LogP contribution in [0, 0.1) is 177 Å². The van der Waals surface area contributed by atoms with Gasteiger partial charge in [-0.05, 0) is 252 Å². The number of nitrogens with zero attached hydrogens (tertiary/aromatic N) is 21. The van der Waals surface area contributed by atoms with E-state index in [0.29, 0.717) is 70.9 Å². The van der Waals surface area contributed by atoms with Crippen LogP contribution in [0.4, 0.5) is 62.8 Å². The van der Waals surface area contributed by atoms with E-state index in [2.05, 4.69) is 136 Å². The molecule has 23 rings (SSSR count). The monoisotopic (exact) mass is 1820 g/mol. The van der Waals surface area contributed by atoms with Gasteiger partial charge in [-0.15, -0.1) is 9.97 Å². The van der Waals surface area contributed by atoms with E-state index in [4.69, 9.17) is 72.3 Å². The maximum absolute atomic E-state index is 10.3. The fourth-order valence-electron chi connectivity index (χ4n) is 20.6. The summed E-state index contributed by atoms with van der Waals surface area (Å²) in [6.07, 6.45) is 0. The van der Waals surface area contributed by atoms with E-state index in [1.807, 2.05) is 184 Å². The number of fused-ring (bicyclic) bond motifs is 36. The Hall–Kier alpha value is -23.3. The maximum atomic E-state index is 10.3. The minimum Gasteiger partial charge on any atom is -0.370 e. The molecule has 21 nitrogen and oxygen atoms in total. The summed E-state index contributed by atoms with van der Waals surface area (Å²) in [5, 5.41) is 105. The Bertz CT molecular complexity index is 10400. The van der Waals surface area contributed by atoms with Gasteiger partial charge < -0.3 is 9.69 Å². The molecule has 0 saturated heterocycles. The van der Waals surface area contributed by atoms with Crippen LogP contribution in [0.1, 0.15) is 55.6 Å². The van der Waals surface area contributed by atoms with E-state index in [1.165, 1.54) is 0 Å². The van der Waals surface area contributed by atoms with Crippen molar-refractivity contribution >= 4 is 246 Å². The lowest BCUT2D eigenvalue weighted by molar-refractivity contribution is 1.35. The second-order valence-electron chi connectivity index (χ2n) is 33.4. The molecule has 22 aromatic carbocycles. The van der Waals surface area contributed by atoms with E-state index in [0.717, 1.165) is 157 Å². The molecule has 144 heavy (non-hydrogen) atoms. The lowest BCUT2D eigenvalue weighted by Crippen LogP contribution is -1.97. The zero-order valence-electron chi connectivity index (χ0n) is 75.2. The Labute approximate surface area is 819 Å². The Morgan fingerprint density at radius 3 is 0.917 bits per heavy atom. The maximum Gasteiger partial charge on any atom is 0.294 e. The van der Waals surface area contributed by atoms with Crippen LogP contribution in [-0.4, -0.2) is 9.97 Å². The first kappa shape index (κ1) is 88.6. The van der Waals surface area contributed by atoms with Gasteiger partial charge in [-0.3, -0.25) is 38.8 Å². The number of hydrogen-bond donors (Lipinski definition) is 0. The SMILES string of the molecule is [C-]#[N+]c1c([N+]#[C-])c(C#N)c2c(c1[N+]#[C-])c(-c1ccccc1-c1ccccc1C)c(C)c1cc(C#N)c(C#N)cc12.[C-]#[N+]c1cc2c3cc(C#N)c(C#N)cc3c3c4ccccc4c4ccccc4c3c2c([N+]#[C-])c1[N+]#[C-].[C-]#[N+]c1cc2c3cc([N+]#[C-])c([N+]#[C-])cc3c3c4ccccc4c4ccccc4c3c2cc1C#N.[C-]#[N+]c1nc2c3cc(C#N)c(C#N)cc3c3c4ccccc4c4ccccc4c3c2nc1[N+]#[C-]. The van der Waals surface area contributed by atoms with Crippen LogP contribution in [0.5, 0.6) is 0 Å². The molecular weight excluding hydrogens is 1770 g/mol. The van der Waals surface area contributed by atoms with Crippen LogP contribution in [0.15, 0.2) is 261 Å². The molecule has 0 aliphatic carbocycles. The highest BCUT2D eigenvalue weighted by atomic mass is 15.0. The molecule has 0 radical (unpaired) electrons. The third-order valence-corrected chi connectivity index (χ3v) is 26.6. The van der Waals surface area contributed by atoms with Gasteiger partial charge >= 0.3 is 0 Å². The van der Waals surface area contributed by atoms with Gasteiger partial charge in [-0.25, -0.2) is 4.85 Å². The number of aryl methyl sites for hydroxylation is 2. The van der Waals surface area contributed by atoms with Crippen LogP contribution >= 0.6 is 0 Å². The average molecular weight is 1820 g/mol. The molecular formula is C123H49N21. The Morgan fingerprint density at radius 1 is 0.201 bits per heavy atom. The zero-order chi connectivity index (χ0) is 100. The van der Waals surface area contributed by atoms with Crippen LogP contribution in [0.2, 0.25) is 0 Å². The molecule has 0 spiro atoms. The summed E-state index contributed by atoms with van der Waals surface area (Å²) >= 11 is 0. The van der Waals surface area contributed by atoms with Crippen molar-refractivity contribution in [3.63, 3.8) is 0 Å². The summed E-state index contributed by atoms with van der Waals surface area (Å²) in [5.74, 6) is -0.148. The minimum atomic E-state index is -0.192. The lowest BCUT2D eigenvalue weighted by Gasteiger charge is -2.22.